The molecule has 0 atom stereocenters. The number of hydrogen-bond donors (Lipinski definition) is 2. The molecule has 16 heavy (non-hydrogen) atoms. The minimum absolute atomic E-state index is 0.744. The zero-order valence-corrected chi connectivity index (χ0v) is 10.3. The molecule has 1 aromatic rings. The number of nitrogens with one attached hydrogen (secondary N) is 1. The van der Waals surface area contributed by atoms with E-state index in [-0.39, 0.29) is 0 Å². The van der Waals surface area contributed by atoms with Crippen molar-refractivity contribution < 1.29 is 4.74 Å². The monoisotopic (exact) mass is 222 g/mol. The van der Waals surface area contributed by atoms with Crippen molar-refractivity contribution in [2.75, 3.05) is 30.8 Å². The maximum absolute atomic E-state index is 5.82. The zero-order chi connectivity index (χ0) is 11.8. The molecule has 3 nitrogen and oxygen atoms in total. The molecular weight excluding hydrogens is 200 g/mol. The lowest BCUT2D eigenvalue weighted by Gasteiger charge is -2.11. The van der Waals surface area contributed by atoms with Crippen LogP contribution < -0.4 is 11.1 Å². The molecule has 3 N–H and O–H groups in total. The maximum Gasteiger partial charge on any atom is 0.0639 e. The van der Waals surface area contributed by atoms with Gasteiger partial charge < -0.3 is 15.8 Å². The minimum atomic E-state index is 0.744. The molecule has 0 heterocycles. The Morgan fingerprint density at radius 1 is 1.31 bits per heavy atom. The second-order valence-electron chi connectivity index (χ2n) is 3.91. The molecule has 0 aromatic heterocycles. The average Bonchev–Trinajstić information content (AvgIpc) is 2.29. The summed E-state index contributed by atoms with van der Waals surface area (Å²) in [7, 11) is 0. The number of unbranched alkanes of at least 4 members (excludes halogenated alkanes) is 1. The summed E-state index contributed by atoms with van der Waals surface area (Å²) in [5.74, 6) is 0. The van der Waals surface area contributed by atoms with Crippen LogP contribution in [0.1, 0.15) is 25.3 Å². The van der Waals surface area contributed by atoms with E-state index in [1.165, 1.54) is 6.42 Å². The molecule has 0 fully saturated rings. The van der Waals surface area contributed by atoms with Crippen molar-refractivity contribution in [1.82, 2.24) is 0 Å². The van der Waals surface area contributed by atoms with Crippen LogP contribution in [0, 0.1) is 6.92 Å². The van der Waals surface area contributed by atoms with Crippen molar-refractivity contribution in [2.24, 2.45) is 0 Å². The number of benzene rings is 1. The molecule has 1 aromatic carbocycles. The molecule has 3 heteroatoms. The molecular formula is C13H22N2O. The van der Waals surface area contributed by atoms with Gasteiger partial charge in [-0.2, -0.15) is 0 Å². The van der Waals surface area contributed by atoms with Crippen LogP contribution in [0.5, 0.6) is 0 Å². The van der Waals surface area contributed by atoms with Gasteiger partial charge in [0, 0.05) is 24.5 Å². The van der Waals surface area contributed by atoms with E-state index in [0.717, 1.165) is 43.1 Å². The van der Waals surface area contributed by atoms with Gasteiger partial charge in [-0.1, -0.05) is 19.4 Å². The number of nitrogen functional groups attached to an aromatic ring is 1. The van der Waals surface area contributed by atoms with Crippen LogP contribution in [0.3, 0.4) is 0 Å². The van der Waals surface area contributed by atoms with Gasteiger partial charge in [0.1, 0.15) is 0 Å². The van der Waals surface area contributed by atoms with Crippen LogP contribution in [-0.4, -0.2) is 19.8 Å². The number of ether oxygens (including phenoxy) is 1. The van der Waals surface area contributed by atoms with Crippen LogP contribution >= 0.6 is 0 Å². The van der Waals surface area contributed by atoms with Gasteiger partial charge >= 0.3 is 0 Å². The first-order chi connectivity index (χ1) is 7.75. The molecule has 0 aliphatic carbocycles. The van der Waals surface area contributed by atoms with Crippen LogP contribution in [0.15, 0.2) is 18.2 Å². The largest absolute Gasteiger partial charge is 0.398 e. The Morgan fingerprint density at radius 2 is 2.12 bits per heavy atom. The third kappa shape index (κ3) is 4.11. The van der Waals surface area contributed by atoms with E-state index < -0.39 is 0 Å². The lowest BCUT2D eigenvalue weighted by molar-refractivity contribution is 0.141. The second kappa shape index (κ2) is 7.12. The number of rotatable bonds is 7. The molecule has 0 spiro atoms. The lowest BCUT2D eigenvalue weighted by atomic mass is 10.1. The Bertz CT molecular complexity index is 313. The topological polar surface area (TPSA) is 47.3 Å². The van der Waals surface area contributed by atoms with Crippen molar-refractivity contribution in [3.8, 4) is 0 Å². The fourth-order valence-corrected chi connectivity index (χ4v) is 1.45. The highest BCUT2D eigenvalue weighted by Gasteiger charge is 1.99. The lowest BCUT2D eigenvalue weighted by Crippen LogP contribution is -2.11. The summed E-state index contributed by atoms with van der Waals surface area (Å²) < 4.78 is 5.47. The summed E-state index contributed by atoms with van der Waals surface area (Å²) in [6.45, 7) is 6.61. The van der Waals surface area contributed by atoms with Gasteiger partial charge in [0.15, 0.2) is 0 Å². The fraction of sp³-hybridized carbons (Fsp3) is 0.538. The van der Waals surface area contributed by atoms with Crippen molar-refractivity contribution in [1.29, 1.82) is 0 Å². The van der Waals surface area contributed by atoms with Crippen LogP contribution in [-0.2, 0) is 4.74 Å². The second-order valence-corrected chi connectivity index (χ2v) is 3.91. The van der Waals surface area contributed by atoms with Crippen molar-refractivity contribution in [2.45, 2.75) is 26.7 Å². The zero-order valence-electron chi connectivity index (χ0n) is 10.3. The molecule has 0 bridgehead atoms. The quantitative estimate of drug-likeness (QED) is 0.551. The normalized spacial score (nSPS) is 10.4. The molecule has 0 saturated carbocycles. The summed E-state index contributed by atoms with van der Waals surface area (Å²) >= 11 is 0. The van der Waals surface area contributed by atoms with E-state index in [9.17, 15) is 0 Å². The fourth-order valence-electron chi connectivity index (χ4n) is 1.45. The van der Waals surface area contributed by atoms with Gasteiger partial charge in [-0.3, -0.25) is 0 Å². The van der Waals surface area contributed by atoms with E-state index in [2.05, 4.69) is 12.2 Å². The third-order valence-electron chi connectivity index (χ3n) is 2.58. The SMILES string of the molecule is CCCCOCCNc1cccc(N)c1C. The minimum Gasteiger partial charge on any atom is -0.398 e. The Kier molecular flexibility index (Phi) is 5.72. The smallest absolute Gasteiger partial charge is 0.0639 e. The van der Waals surface area contributed by atoms with Gasteiger partial charge in [-0.25, -0.2) is 0 Å². The molecule has 0 aliphatic heterocycles. The maximum atomic E-state index is 5.82. The van der Waals surface area contributed by atoms with Gasteiger partial charge in [-0.15, -0.1) is 0 Å². The van der Waals surface area contributed by atoms with Crippen molar-refractivity contribution in [3.63, 3.8) is 0 Å². The number of anilines is 2. The average molecular weight is 222 g/mol. The number of hydrogen-bond acceptors (Lipinski definition) is 3. The Hall–Kier alpha value is -1.22. The van der Waals surface area contributed by atoms with Gasteiger partial charge in [0.2, 0.25) is 0 Å². The highest BCUT2D eigenvalue weighted by Crippen LogP contribution is 2.19. The molecule has 0 saturated heterocycles. The first kappa shape index (κ1) is 12.8. The standard InChI is InChI=1S/C13H22N2O/c1-3-4-9-16-10-8-15-13-7-5-6-12(14)11(13)2/h5-7,15H,3-4,8-10,14H2,1-2H3. The van der Waals surface area contributed by atoms with E-state index in [1.54, 1.807) is 0 Å². The van der Waals surface area contributed by atoms with Gasteiger partial charge in [0.05, 0.1) is 6.61 Å². The van der Waals surface area contributed by atoms with Crippen LogP contribution in [0.25, 0.3) is 0 Å². The highest BCUT2D eigenvalue weighted by molar-refractivity contribution is 5.62. The van der Waals surface area contributed by atoms with E-state index >= 15 is 0 Å². The Balaban J connectivity index is 2.24. The number of nitrogens with two attached hydrogens (primary N) is 1. The third-order valence-corrected chi connectivity index (χ3v) is 2.58. The molecule has 0 amide bonds. The molecule has 90 valence electrons. The van der Waals surface area contributed by atoms with Crippen LogP contribution in [0.4, 0.5) is 11.4 Å². The van der Waals surface area contributed by atoms with E-state index in [4.69, 9.17) is 10.5 Å². The molecule has 0 unspecified atom stereocenters. The summed E-state index contributed by atoms with van der Waals surface area (Å²) in [6.07, 6.45) is 2.32. The van der Waals surface area contributed by atoms with Crippen molar-refractivity contribution >= 4 is 11.4 Å². The summed E-state index contributed by atoms with van der Waals surface area (Å²) in [5.41, 5.74) is 8.85. The van der Waals surface area contributed by atoms with Crippen LogP contribution in [0.2, 0.25) is 0 Å². The summed E-state index contributed by atoms with van der Waals surface area (Å²) in [6, 6.07) is 5.92. The van der Waals surface area contributed by atoms with Crippen molar-refractivity contribution in [3.05, 3.63) is 23.8 Å². The predicted molar refractivity (Wildman–Crippen MR) is 69.8 cm³/mol. The Labute approximate surface area is 98.0 Å². The van der Waals surface area contributed by atoms with E-state index in [1.807, 2.05) is 25.1 Å². The molecule has 0 aliphatic rings. The predicted octanol–water partition coefficient (Wildman–Crippen LogP) is 2.81. The molecule has 0 radical (unpaired) electrons. The summed E-state index contributed by atoms with van der Waals surface area (Å²) in [4.78, 5) is 0. The Morgan fingerprint density at radius 3 is 2.88 bits per heavy atom. The highest BCUT2D eigenvalue weighted by atomic mass is 16.5. The first-order valence-corrected chi connectivity index (χ1v) is 5.92. The van der Waals surface area contributed by atoms with E-state index in [0.29, 0.717) is 0 Å². The summed E-state index contributed by atoms with van der Waals surface area (Å²) in [5, 5.41) is 3.33. The van der Waals surface area contributed by atoms with Gasteiger partial charge in [-0.05, 0) is 31.0 Å². The molecule has 1 rings (SSSR count). The first-order valence-electron chi connectivity index (χ1n) is 5.92. The van der Waals surface area contributed by atoms with Gasteiger partial charge in [0.25, 0.3) is 0 Å².